The van der Waals surface area contributed by atoms with Gasteiger partial charge in [0.15, 0.2) is 11.5 Å². The quantitative estimate of drug-likeness (QED) is 0.616. The monoisotopic (exact) mass is 486 g/mol. The van der Waals surface area contributed by atoms with Crippen molar-refractivity contribution in [2.75, 3.05) is 24.8 Å². The summed E-state index contributed by atoms with van der Waals surface area (Å²) < 4.78 is 48.3. The molecule has 31 heavy (non-hydrogen) atoms. The van der Waals surface area contributed by atoms with E-state index in [4.69, 9.17) is 31.8 Å². The first-order valence-corrected chi connectivity index (χ1v) is 12.3. The van der Waals surface area contributed by atoms with Gasteiger partial charge in [0.1, 0.15) is 5.82 Å². The van der Waals surface area contributed by atoms with Crippen molar-refractivity contribution in [3.05, 3.63) is 46.7 Å². The van der Waals surface area contributed by atoms with Crippen LogP contribution in [0.1, 0.15) is 23.2 Å². The highest BCUT2D eigenvalue weighted by Crippen LogP contribution is 2.48. The van der Waals surface area contributed by atoms with Crippen molar-refractivity contribution >= 4 is 42.9 Å². The lowest BCUT2D eigenvalue weighted by Crippen LogP contribution is -2.55. The normalized spacial score (nSPS) is 22.2. The number of carbonyl (C=O) groups is 1. The highest BCUT2D eigenvalue weighted by Gasteiger charge is 2.44. The van der Waals surface area contributed by atoms with E-state index in [0.717, 1.165) is 18.9 Å². The van der Waals surface area contributed by atoms with Crippen LogP contribution in [-0.4, -0.2) is 51.2 Å². The van der Waals surface area contributed by atoms with E-state index in [0.29, 0.717) is 30.3 Å². The third kappa shape index (κ3) is 3.58. The van der Waals surface area contributed by atoms with Gasteiger partial charge in [-0.3, -0.25) is 4.79 Å². The molecule has 164 valence electrons. The highest BCUT2D eigenvalue weighted by atomic mass is 35.7. The fourth-order valence-electron chi connectivity index (χ4n) is 4.60. The number of hydrogen-bond acceptors (Lipinski definition) is 6. The molecule has 0 N–H and O–H groups in total. The Kier molecular flexibility index (Phi) is 4.95. The Hall–Kier alpha value is -2.23. The molecular weight excluding hydrogens is 470 g/mol. The summed E-state index contributed by atoms with van der Waals surface area (Å²) in [4.78, 5) is 16.8. The van der Waals surface area contributed by atoms with E-state index in [1.54, 1.807) is 4.90 Å². The van der Waals surface area contributed by atoms with Crippen LogP contribution in [0.2, 0.25) is 5.02 Å². The molecule has 5 rings (SSSR count). The Bertz CT molecular complexity index is 1180. The number of ether oxygens (including phenoxy) is 2. The third-order valence-electron chi connectivity index (χ3n) is 5.92. The molecule has 2 saturated heterocycles. The van der Waals surface area contributed by atoms with Crippen LogP contribution in [0.3, 0.4) is 0 Å². The van der Waals surface area contributed by atoms with Gasteiger partial charge in [0.25, 0.3) is 15.0 Å². The molecule has 2 atom stereocenters. The lowest BCUT2D eigenvalue weighted by atomic mass is 10.1. The summed E-state index contributed by atoms with van der Waals surface area (Å²) in [6.45, 7) is 0.817. The molecule has 2 unspecified atom stereocenters. The number of piperazine rings is 1. The molecule has 0 radical (unpaired) electrons. The summed E-state index contributed by atoms with van der Waals surface area (Å²) in [5, 5.41) is 0.0724. The van der Waals surface area contributed by atoms with Crippen LogP contribution in [0.5, 0.6) is 11.5 Å². The van der Waals surface area contributed by atoms with Crippen molar-refractivity contribution < 1.29 is 27.1 Å². The summed E-state index contributed by atoms with van der Waals surface area (Å²) in [5.74, 6) is 0.0372. The molecule has 2 bridgehead atoms. The first-order valence-electron chi connectivity index (χ1n) is 9.63. The summed E-state index contributed by atoms with van der Waals surface area (Å²) in [6, 6.07) is 6.47. The number of benzene rings is 2. The van der Waals surface area contributed by atoms with Crippen LogP contribution in [0.4, 0.5) is 10.1 Å². The molecule has 11 heteroatoms. The number of halogens is 3. The number of rotatable bonds is 3. The minimum atomic E-state index is -3.97. The zero-order valence-electron chi connectivity index (χ0n) is 16.1. The van der Waals surface area contributed by atoms with Crippen molar-refractivity contribution in [2.45, 2.75) is 29.8 Å². The number of carbonyl (C=O) groups excluding carboxylic acids is 1. The molecule has 3 aliphatic heterocycles. The molecule has 3 heterocycles. The molecule has 7 nitrogen and oxygen atoms in total. The summed E-state index contributed by atoms with van der Waals surface area (Å²) in [7, 11) is 1.61. The van der Waals surface area contributed by atoms with E-state index in [9.17, 15) is 17.6 Å². The number of anilines is 1. The minimum Gasteiger partial charge on any atom is -0.453 e. The first kappa shape index (κ1) is 20.7. The van der Waals surface area contributed by atoms with Crippen LogP contribution < -0.4 is 14.4 Å². The Morgan fingerprint density at radius 3 is 2.45 bits per heavy atom. The van der Waals surface area contributed by atoms with Crippen molar-refractivity contribution in [3.8, 4) is 11.5 Å². The van der Waals surface area contributed by atoms with Gasteiger partial charge in [-0.15, -0.1) is 0 Å². The maximum atomic E-state index is 13.4. The number of hydrogen-bond donors (Lipinski definition) is 0. The van der Waals surface area contributed by atoms with E-state index in [1.165, 1.54) is 24.3 Å². The fourth-order valence-corrected chi connectivity index (χ4v) is 5.61. The molecule has 0 spiro atoms. The maximum absolute atomic E-state index is 13.4. The molecule has 2 fully saturated rings. The predicted molar refractivity (Wildman–Crippen MR) is 112 cm³/mol. The van der Waals surface area contributed by atoms with Gasteiger partial charge in [0, 0.05) is 41.9 Å². The third-order valence-corrected chi connectivity index (χ3v) is 7.56. The zero-order chi connectivity index (χ0) is 21.9. The molecule has 0 aliphatic carbocycles. The molecule has 2 aromatic rings. The van der Waals surface area contributed by atoms with Gasteiger partial charge in [-0.1, -0.05) is 11.6 Å². The minimum absolute atomic E-state index is 0.00896. The van der Waals surface area contributed by atoms with Gasteiger partial charge < -0.3 is 19.3 Å². The van der Waals surface area contributed by atoms with E-state index in [2.05, 4.69) is 4.90 Å². The van der Waals surface area contributed by atoms with Crippen molar-refractivity contribution in [3.63, 3.8) is 0 Å². The summed E-state index contributed by atoms with van der Waals surface area (Å²) in [5.41, 5.74) is 0.845. The first-order chi connectivity index (χ1) is 14.7. The van der Waals surface area contributed by atoms with Crippen LogP contribution >= 0.6 is 22.3 Å². The topological polar surface area (TPSA) is 76.2 Å². The van der Waals surface area contributed by atoms with Crippen LogP contribution in [0.15, 0.2) is 35.2 Å². The van der Waals surface area contributed by atoms with Gasteiger partial charge in [-0.2, -0.15) is 0 Å². The SMILES string of the molecule is O=C(c1ccc(F)cc1Cl)N1CC2CCC(C1)N2c1cc(S(=O)(=O)Cl)cc2c1OCO2. The summed E-state index contributed by atoms with van der Waals surface area (Å²) >= 11 is 6.08. The largest absolute Gasteiger partial charge is 0.453 e. The van der Waals surface area contributed by atoms with Gasteiger partial charge >= 0.3 is 0 Å². The Labute approximate surface area is 187 Å². The lowest BCUT2D eigenvalue weighted by molar-refractivity contribution is 0.0718. The van der Waals surface area contributed by atoms with Gasteiger partial charge in [-0.25, -0.2) is 12.8 Å². The number of nitrogens with zero attached hydrogens (tertiary/aromatic N) is 2. The molecular formula is C20H17Cl2FN2O5S. The predicted octanol–water partition coefficient (Wildman–Crippen LogP) is 3.63. The molecule has 0 aromatic heterocycles. The second-order valence-corrected chi connectivity index (χ2v) is 10.7. The molecule has 1 amide bonds. The highest BCUT2D eigenvalue weighted by molar-refractivity contribution is 8.13. The smallest absolute Gasteiger partial charge is 0.261 e. The number of likely N-dealkylation sites (tertiary alicyclic amines) is 1. The Balaban J connectivity index is 1.46. The molecule has 0 saturated carbocycles. The number of fused-ring (bicyclic) bond motifs is 3. The average molecular weight is 487 g/mol. The average Bonchev–Trinajstić information content (AvgIpc) is 3.28. The maximum Gasteiger partial charge on any atom is 0.261 e. The fraction of sp³-hybridized carbons (Fsp3) is 0.350. The van der Waals surface area contributed by atoms with Crippen LogP contribution in [0, 0.1) is 5.82 Å². The van der Waals surface area contributed by atoms with Crippen LogP contribution in [0.25, 0.3) is 0 Å². The van der Waals surface area contributed by atoms with E-state index in [1.807, 2.05) is 0 Å². The zero-order valence-corrected chi connectivity index (χ0v) is 18.4. The lowest BCUT2D eigenvalue weighted by Gasteiger charge is -2.42. The van der Waals surface area contributed by atoms with Crippen molar-refractivity contribution in [1.29, 1.82) is 0 Å². The Morgan fingerprint density at radius 1 is 1.10 bits per heavy atom. The Morgan fingerprint density at radius 2 is 1.81 bits per heavy atom. The van der Waals surface area contributed by atoms with Gasteiger partial charge in [0.05, 0.1) is 21.2 Å². The standard InChI is InChI=1S/C20H17Cl2FN2O5S/c21-16-5-11(23)1-4-15(16)20(26)24-8-12-2-3-13(9-24)25(12)17-6-14(31(22,27)28)7-18-19(17)30-10-29-18/h1,4-7,12-13H,2-3,8-10H2. The van der Waals surface area contributed by atoms with Crippen molar-refractivity contribution in [2.24, 2.45) is 0 Å². The van der Waals surface area contributed by atoms with E-state index in [-0.39, 0.29) is 40.3 Å². The van der Waals surface area contributed by atoms with Crippen LogP contribution in [-0.2, 0) is 9.05 Å². The van der Waals surface area contributed by atoms with Gasteiger partial charge in [-0.05, 0) is 37.1 Å². The van der Waals surface area contributed by atoms with E-state index >= 15 is 0 Å². The second kappa shape index (κ2) is 7.43. The molecule has 2 aromatic carbocycles. The number of amides is 1. The summed E-state index contributed by atoms with van der Waals surface area (Å²) in [6.07, 6.45) is 1.64. The van der Waals surface area contributed by atoms with Gasteiger partial charge in [0.2, 0.25) is 6.79 Å². The van der Waals surface area contributed by atoms with E-state index < -0.39 is 14.9 Å². The van der Waals surface area contributed by atoms with Crippen molar-refractivity contribution in [1.82, 2.24) is 4.90 Å². The second-order valence-electron chi connectivity index (χ2n) is 7.74. The molecule has 3 aliphatic rings.